The third kappa shape index (κ3) is 2.95. The van der Waals surface area contributed by atoms with Crippen LogP contribution in [0.15, 0.2) is 17.6 Å². The molecule has 1 atom stereocenters. The van der Waals surface area contributed by atoms with Crippen LogP contribution in [0.4, 0.5) is 0 Å². The van der Waals surface area contributed by atoms with Crippen molar-refractivity contribution in [2.45, 2.75) is 38.1 Å². The molecule has 2 aromatic heterocycles. The lowest BCUT2D eigenvalue weighted by Crippen LogP contribution is -2.16. The summed E-state index contributed by atoms with van der Waals surface area (Å²) in [4.78, 5) is 31.5. The van der Waals surface area contributed by atoms with Crippen LogP contribution in [0.3, 0.4) is 0 Å². The van der Waals surface area contributed by atoms with Gasteiger partial charge in [-0.05, 0) is 33.3 Å². The summed E-state index contributed by atoms with van der Waals surface area (Å²) in [7, 11) is 1.89. The van der Waals surface area contributed by atoms with Gasteiger partial charge in [0.1, 0.15) is 0 Å². The molecule has 0 aliphatic heterocycles. The van der Waals surface area contributed by atoms with Gasteiger partial charge in [-0.3, -0.25) is 9.59 Å². The number of carbonyl (C=O) groups excluding carboxylic acids is 2. The second kappa shape index (κ2) is 5.89. The molecule has 0 radical (unpaired) electrons. The van der Waals surface area contributed by atoms with Crippen LogP contribution < -0.4 is 0 Å². The monoisotopic (exact) mass is 305 g/mol. The summed E-state index contributed by atoms with van der Waals surface area (Å²) in [5.41, 5.74) is 2.62. The average Bonchev–Trinajstić information content (AvgIpc) is 2.92. The molecule has 0 saturated carbocycles. The first-order chi connectivity index (χ1) is 9.82. The standard InChI is InChI=1S/C15H19N3O2S/c1-8-12(10(3)19)9(2)17-13(8)14(20)11(4)21-15-16-6-7-18(15)5/h6-7,11,17H,1-5H3. The maximum absolute atomic E-state index is 12.6. The number of nitrogens with one attached hydrogen (secondary N) is 1. The number of carbonyl (C=O) groups is 2. The highest BCUT2D eigenvalue weighted by Gasteiger charge is 2.24. The summed E-state index contributed by atoms with van der Waals surface area (Å²) >= 11 is 1.41. The smallest absolute Gasteiger partial charge is 0.192 e. The van der Waals surface area contributed by atoms with E-state index in [1.54, 1.807) is 6.20 Å². The van der Waals surface area contributed by atoms with Crippen molar-refractivity contribution in [3.63, 3.8) is 0 Å². The Morgan fingerprint density at radius 3 is 2.52 bits per heavy atom. The quantitative estimate of drug-likeness (QED) is 0.681. The summed E-state index contributed by atoms with van der Waals surface area (Å²) in [6.07, 6.45) is 3.55. The van der Waals surface area contributed by atoms with E-state index >= 15 is 0 Å². The maximum Gasteiger partial charge on any atom is 0.192 e. The fourth-order valence-corrected chi connectivity index (χ4v) is 3.29. The van der Waals surface area contributed by atoms with E-state index in [0.717, 1.165) is 16.4 Å². The zero-order chi connectivity index (χ0) is 15.7. The van der Waals surface area contributed by atoms with Crippen LogP contribution in [0.25, 0.3) is 0 Å². The molecule has 0 bridgehead atoms. The van der Waals surface area contributed by atoms with Crippen LogP contribution in [0.2, 0.25) is 0 Å². The van der Waals surface area contributed by atoms with Crippen molar-refractivity contribution in [2.24, 2.45) is 7.05 Å². The van der Waals surface area contributed by atoms with Crippen LogP contribution in [-0.4, -0.2) is 31.4 Å². The minimum absolute atomic E-state index is 0.0175. The Balaban J connectivity index is 2.26. The number of Topliss-reactive ketones (excluding diaryl/α,β-unsaturated/α-hetero) is 2. The topological polar surface area (TPSA) is 67.8 Å². The van der Waals surface area contributed by atoms with Crippen molar-refractivity contribution >= 4 is 23.3 Å². The van der Waals surface area contributed by atoms with E-state index in [2.05, 4.69) is 9.97 Å². The summed E-state index contributed by atoms with van der Waals surface area (Å²) in [6, 6.07) is 0. The largest absolute Gasteiger partial charge is 0.355 e. The predicted molar refractivity (Wildman–Crippen MR) is 83.1 cm³/mol. The third-order valence-corrected chi connectivity index (χ3v) is 4.64. The summed E-state index contributed by atoms with van der Waals surface area (Å²) in [6.45, 7) is 7.00. The van der Waals surface area contributed by atoms with Crippen molar-refractivity contribution < 1.29 is 9.59 Å². The number of hydrogen-bond acceptors (Lipinski definition) is 4. The van der Waals surface area contributed by atoms with Crippen LogP contribution in [0.5, 0.6) is 0 Å². The number of H-pyrrole nitrogens is 1. The van der Waals surface area contributed by atoms with E-state index in [4.69, 9.17) is 0 Å². The molecule has 0 spiro atoms. The highest BCUT2D eigenvalue weighted by Crippen LogP contribution is 2.26. The minimum Gasteiger partial charge on any atom is -0.355 e. The van der Waals surface area contributed by atoms with Crippen molar-refractivity contribution in [3.8, 4) is 0 Å². The Labute approximate surface area is 128 Å². The number of aromatic nitrogens is 3. The molecule has 1 unspecified atom stereocenters. The Morgan fingerprint density at radius 1 is 1.38 bits per heavy atom. The molecule has 112 valence electrons. The zero-order valence-electron chi connectivity index (χ0n) is 12.9. The van der Waals surface area contributed by atoms with E-state index < -0.39 is 0 Å². The number of hydrogen-bond donors (Lipinski definition) is 1. The molecule has 6 heteroatoms. The van der Waals surface area contributed by atoms with Gasteiger partial charge in [0.25, 0.3) is 0 Å². The Hall–Kier alpha value is -1.82. The van der Waals surface area contributed by atoms with Gasteiger partial charge in [-0.15, -0.1) is 0 Å². The minimum atomic E-state index is -0.275. The first-order valence-corrected chi connectivity index (χ1v) is 7.59. The van der Waals surface area contributed by atoms with E-state index in [1.807, 2.05) is 38.6 Å². The number of imidazole rings is 1. The van der Waals surface area contributed by atoms with Gasteiger partial charge in [-0.1, -0.05) is 11.8 Å². The van der Waals surface area contributed by atoms with Crippen LogP contribution in [-0.2, 0) is 7.05 Å². The van der Waals surface area contributed by atoms with Gasteiger partial charge in [-0.2, -0.15) is 0 Å². The lowest BCUT2D eigenvalue weighted by Gasteiger charge is -2.09. The van der Waals surface area contributed by atoms with E-state index in [1.165, 1.54) is 18.7 Å². The van der Waals surface area contributed by atoms with Gasteiger partial charge >= 0.3 is 0 Å². The molecular weight excluding hydrogens is 286 g/mol. The van der Waals surface area contributed by atoms with Crippen molar-refractivity contribution in [1.29, 1.82) is 0 Å². The molecule has 0 aliphatic carbocycles. The van der Waals surface area contributed by atoms with Crippen molar-refractivity contribution in [1.82, 2.24) is 14.5 Å². The van der Waals surface area contributed by atoms with Gasteiger partial charge in [0.2, 0.25) is 0 Å². The van der Waals surface area contributed by atoms with E-state index in [-0.39, 0.29) is 16.8 Å². The molecule has 1 N–H and O–H groups in total. The van der Waals surface area contributed by atoms with Gasteiger partial charge < -0.3 is 9.55 Å². The van der Waals surface area contributed by atoms with E-state index in [9.17, 15) is 9.59 Å². The molecule has 5 nitrogen and oxygen atoms in total. The summed E-state index contributed by atoms with van der Waals surface area (Å²) in [5, 5.41) is 0.520. The van der Waals surface area contributed by atoms with E-state index in [0.29, 0.717) is 11.3 Å². The first-order valence-electron chi connectivity index (χ1n) is 6.71. The Morgan fingerprint density at radius 2 is 2.05 bits per heavy atom. The fraction of sp³-hybridized carbons (Fsp3) is 0.400. The summed E-state index contributed by atoms with van der Waals surface area (Å²) in [5.74, 6) is -0.0409. The lowest BCUT2D eigenvalue weighted by molar-refractivity contribution is 0.0988. The molecule has 0 aromatic carbocycles. The number of ketones is 2. The molecular formula is C15H19N3O2S. The molecule has 0 aliphatic rings. The summed E-state index contributed by atoms with van der Waals surface area (Å²) < 4.78 is 1.88. The second-order valence-electron chi connectivity index (χ2n) is 5.13. The molecule has 2 aromatic rings. The Bertz CT molecular complexity index is 700. The normalized spacial score (nSPS) is 12.4. The molecule has 21 heavy (non-hydrogen) atoms. The number of nitrogens with zero attached hydrogens (tertiary/aromatic N) is 2. The van der Waals surface area contributed by atoms with Gasteiger partial charge in [-0.25, -0.2) is 4.98 Å². The van der Waals surface area contributed by atoms with Gasteiger partial charge in [0.15, 0.2) is 16.7 Å². The highest BCUT2D eigenvalue weighted by atomic mass is 32.2. The predicted octanol–water partition coefficient (Wildman–Crippen LogP) is 2.93. The molecule has 0 fully saturated rings. The molecule has 2 rings (SSSR count). The second-order valence-corrected chi connectivity index (χ2v) is 6.43. The number of aromatic amines is 1. The maximum atomic E-state index is 12.6. The Kier molecular flexibility index (Phi) is 4.37. The number of thioether (sulfide) groups is 1. The average molecular weight is 305 g/mol. The van der Waals surface area contributed by atoms with Gasteiger partial charge in [0.05, 0.1) is 10.9 Å². The highest BCUT2D eigenvalue weighted by molar-refractivity contribution is 8.00. The van der Waals surface area contributed by atoms with Gasteiger partial charge in [0, 0.05) is 30.7 Å². The van der Waals surface area contributed by atoms with Crippen LogP contribution in [0, 0.1) is 13.8 Å². The fourth-order valence-electron chi connectivity index (χ4n) is 2.40. The van der Waals surface area contributed by atoms with Crippen LogP contribution in [0.1, 0.15) is 46.0 Å². The number of aryl methyl sites for hydroxylation is 2. The SMILES string of the molecule is CC(=O)c1c(C)[nH]c(C(=O)C(C)Sc2nccn2C)c1C. The van der Waals surface area contributed by atoms with Crippen LogP contribution >= 0.6 is 11.8 Å². The first kappa shape index (κ1) is 15.6. The third-order valence-electron chi connectivity index (χ3n) is 3.46. The van der Waals surface area contributed by atoms with Crippen molar-refractivity contribution in [3.05, 3.63) is 34.9 Å². The molecule has 0 amide bonds. The lowest BCUT2D eigenvalue weighted by atomic mass is 10.0. The molecule has 0 saturated heterocycles. The zero-order valence-corrected chi connectivity index (χ0v) is 13.7. The number of rotatable bonds is 5. The molecule has 2 heterocycles. The van der Waals surface area contributed by atoms with Crippen molar-refractivity contribution in [2.75, 3.05) is 0 Å².